The number of hydrogen-bond acceptors (Lipinski definition) is 5. The Morgan fingerprint density at radius 2 is 1.95 bits per heavy atom. The van der Waals surface area contributed by atoms with E-state index in [9.17, 15) is 9.90 Å². The molecule has 0 aliphatic rings. The molecule has 0 amide bonds. The summed E-state index contributed by atoms with van der Waals surface area (Å²) in [5, 5.41) is 10.5. The van der Waals surface area contributed by atoms with Crippen LogP contribution in [0.1, 0.15) is 25.0 Å². The second kappa shape index (κ2) is 7.36. The summed E-state index contributed by atoms with van der Waals surface area (Å²) in [4.78, 5) is 11.4. The first-order chi connectivity index (χ1) is 9.46. The Morgan fingerprint density at radius 1 is 1.30 bits per heavy atom. The Balaban J connectivity index is 2.99. The molecule has 1 aromatic carbocycles. The van der Waals surface area contributed by atoms with Gasteiger partial charge in [-0.05, 0) is 12.5 Å². The van der Waals surface area contributed by atoms with Crippen LogP contribution < -0.4 is 9.47 Å². The lowest BCUT2D eigenvalue weighted by molar-refractivity contribution is -0.145. The zero-order valence-electron chi connectivity index (χ0n) is 12.0. The fourth-order valence-corrected chi connectivity index (χ4v) is 2.28. The van der Waals surface area contributed by atoms with E-state index in [0.717, 1.165) is 0 Å². The number of hydrogen-bond donors (Lipinski definition) is 1. The molecule has 2 atom stereocenters. The van der Waals surface area contributed by atoms with Gasteiger partial charge in [-0.25, -0.2) is 0 Å². The van der Waals surface area contributed by atoms with E-state index in [1.807, 2.05) is 0 Å². The van der Waals surface area contributed by atoms with Gasteiger partial charge in [-0.3, -0.25) is 4.79 Å². The van der Waals surface area contributed by atoms with Gasteiger partial charge in [-0.1, -0.05) is 24.6 Å². The van der Waals surface area contributed by atoms with E-state index < -0.39 is 12.0 Å². The van der Waals surface area contributed by atoms with Crippen LogP contribution in [-0.2, 0) is 9.53 Å². The maximum Gasteiger partial charge on any atom is 0.308 e. The monoisotopic (exact) mass is 302 g/mol. The average Bonchev–Trinajstić information content (AvgIpc) is 2.45. The maximum absolute atomic E-state index is 11.4. The number of benzene rings is 1. The van der Waals surface area contributed by atoms with Crippen molar-refractivity contribution in [1.82, 2.24) is 0 Å². The Hall–Kier alpha value is -1.46. The molecule has 1 N–H and O–H groups in total. The molecule has 1 aromatic rings. The smallest absolute Gasteiger partial charge is 0.308 e. The van der Waals surface area contributed by atoms with Gasteiger partial charge >= 0.3 is 5.97 Å². The minimum Gasteiger partial charge on any atom is -0.493 e. The van der Waals surface area contributed by atoms with Crippen molar-refractivity contribution in [1.29, 1.82) is 0 Å². The van der Waals surface area contributed by atoms with Crippen molar-refractivity contribution in [2.24, 2.45) is 5.92 Å². The average molecular weight is 303 g/mol. The Labute approximate surface area is 123 Å². The highest BCUT2D eigenvalue weighted by Crippen LogP contribution is 2.40. The summed E-state index contributed by atoms with van der Waals surface area (Å²) in [6.07, 6.45) is -0.682. The molecule has 112 valence electrons. The van der Waals surface area contributed by atoms with Gasteiger partial charge in [0.15, 0.2) is 11.5 Å². The van der Waals surface area contributed by atoms with E-state index >= 15 is 0 Å². The largest absolute Gasteiger partial charge is 0.493 e. The Kier molecular flexibility index (Phi) is 6.10. The Morgan fingerprint density at radius 3 is 2.45 bits per heavy atom. The minimum absolute atomic E-state index is 0.210. The molecule has 0 saturated heterocycles. The third kappa shape index (κ3) is 3.55. The molecule has 0 radical (unpaired) electrons. The molecule has 0 aliphatic carbocycles. The quantitative estimate of drug-likeness (QED) is 0.818. The molecule has 0 fully saturated rings. The van der Waals surface area contributed by atoms with E-state index in [1.165, 1.54) is 21.3 Å². The predicted octanol–water partition coefficient (Wildman–Crippen LogP) is 2.59. The summed E-state index contributed by atoms with van der Waals surface area (Å²) in [5.41, 5.74) is 0.486. The Bertz CT molecular complexity index is 475. The second-order valence-corrected chi connectivity index (χ2v) is 4.76. The summed E-state index contributed by atoms with van der Waals surface area (Å²) in [5.74, 6) is 0.0331. The van der Waals surface area contributed by atoms with Crippen LogP contribution in [0.15, 0.2) is 12.1 Å². The molecule has 0 heterocycles. The first-order valence-electron chi connectivity index (χ1n) is 6.12. The van der Waals surface area contributed by atoms with Crippen molar-refractivity contribution in [2.75, 3.05) is 21.3 Å². The number of halogens is 1. The van der Waals surface area contributed by atoms with Gasteiger partial charge in [0.2, 0.25) is 0 Å². The third-order valence-corrected chi connectivity index (χ3v) is 3.44. The van der Waals surface area contributed by atoms with Crippen LogP contribution in [0.25, 0.3) is 0 Å². The van der Waals surface area contributed by atoms with E-state index in [1.54, 1.807) is 19.1 Å². The van der Waals surface area contributed by atoms with Crippen LogP contribution >= 0.6 is 11.6 Å². The molecule has 1 rings (SSSR count). The van der Waals surface area contributed by atoms with Gasteiger partial charge in [-0.2, -0.15) is 0 Å². The lowest BCUT2D eigenvalue weighted by Gasteiger charge is -2.18. The highest BCUT2D eigenvalue weighted by atomic mass is 35.5. The van der Waals surface area contributed by atoms with Crippen molar-refractivity contribution >= 4 is 17.6 Å². The molecule has 0 spiro atoms. The molecular weight excluding hydrogens is 284 g/mol. The topological polar surface area (TPSA) is 65.0 Å². The fraction of sp³-hybridized carbons (Fsp3) is 0.500. The zero-order chi connectivity index (χ0) is 15.3. The molecule has 0 aromatic heterocycles. The number of aliphatic hydroxyl groups excluding tert-OH is 1. The molecule has 0 saturated carbocycles. The lowest BCUT2D eigenvalue weighted by atomic mass is 9.98. The summed E-state index contributed by atoms with van der Waals surface area (Å²) in [6.45, 7) is 1.68. The lowest BCUT2D eigenvalue weighted by Crippen LogP contribution is -2.16. The fourth-order valence-electron chi connectivity index (χ4n) is 1.92. The molecule has 5 nitrogen and oxygen atoms in total. The number of carbonyl (C=O) groups excluding carboxylic acids is 1. The van der Waals surface area contributed by atoms with Crippen LogP contribution in [0.5, 0.6) is 11.5 Å². The van der Waals surface area contributed by atoms with Gasteiger partial charge in [0, 0.05) is 5.56 Å². The number of rotatable bonds is 6. The molecule has 0 bridgehead atoms. The highest BCUT2D eigenvalue weighted by Gasteiger charge is 2.23. The number of methoxy groups -OCH3 is 3. The first kappa shape index (κ1) is 16.6. The van der Waals surface area contributed by atoms with Crippen LogP contribution in [0.3, 0.4) is 0 Å². The minimum atomic E-state index is -0.892. The van der Waals surface area contributed by atoms with Crippen LogP contribution in [-0.4, -0.2) is 32.4 Å². The van der Waals surface area contributed by atoms with Gasteiger partial charge in [-0.15, -0.1) is 0 Å². The van der Waals surface area contributed by atoms with Crippen LogP contribution in [0.4, 0.5) is 0 Å². The van der Waals surface area contributed by atoms with E-state index in [0.29, 0.717) is 17.1 Å². The van der Waals surface area contributed by atoms with Crippen molar-refractivity contribution in [3.63, 3.8) is 0 Å². The van der Waals surface area contributed by atoms with Crippen molar-refractivity contribution < 1.29 is 24.1 Å². The third-order valence-electron chi connectivity index (χ3n) is 3.05. The van der Waals surface area contributed by atoms with Gasteiger partial charge in [0.1, 0.15) is 0 Å². The molecule has 0 aliphatic heterocycles. The second-order valence-electron chi connectivity index (χ2n) is 4.38. The summed E-state index contributed by atoms with van der Waals surface area (Å²) < 4.78 is 14.9. The predicted molar refractivity (Wildman–Crippen MR) is 75.3 cm³/mol. The van der Waals surface area contributed by atoms with Gasteiger partial charge in [0.05, 0.1) is 38.4 Å². The van der Waals surface area contributed by atoms with Crippen molar-refractivity contribution in [3.8, 4) is 11.5 Å². The summed E-state index contributed by atoms with van der Waals surface area (Å²) >= 11 is 6.20. The SMILES string of the molecule is COC(=O)C(C)CC(O)c1ccc(OC)c(OC)c1Cl. The van der Waals surface area contributed by atoms with Gasteiger partial charge < -0.3 is 19.3 Å². The van der Waals surface area contributed by atoms with E-state index in [4.69, 9.17) is 21.1 Å². The zero-order valence-corrected chi connectivity index (χ0v) is 12.7. The van der Waals surface area contributed by atoms with Crippen LogP contribution in [0, 0.1) is 5.92 Å². The summed E-state index contributed by atoms with van der Waals surface area (Å²) in [7, 11) is 4.29. The van der Waals surface area contributed by atoms with E-state index in [-0.39, 0.29) is 17.4 Å². The molecule has 20 heavy (non-hydrogen) atoms. The maximum atomic E-state index is 11.4. The molecule has 6 heteroatoms. The van der Waals surface area contributed by atoms with Gasteiger partial charge in [0.25, 0.3) is 0 Å². The summed E-state index contributed by atoms with van der Waals surface area (Å²) in [6, 6.07) is 3.31. The highest BCUT2D eigenvalue weighted by molar-refractivity contribution is 6.33. The number of aliphatic hydroxyl groups is 1. The normalized spacial score (nSPS) is 13.5. The molecule has 2 unspecified atom stereocenters. The number of carbonyl (C=O) groups is 1. The first-order valence-corrected chi connectivity index (χ1v) is 6.50. The standard InChI is InChI=1S/C14H19ClO5/c1-8(14(17)20-4)7-10(16)9-5-6-11(18-2)13(19-3)12(9)15/h5-6,8,10,16H,7H2,1-4H3. The number of esters is 1. The van der Waals surface area contributed by atoms with Crippen LogP contribution in [0.2, 0.25) is 5.02 Å². The van der Waals surface area contributed by atoms with Crippen molar-refractivity contribution in [2.45, 2.75) is 19.4 Å². The number of ether oxygens (including phenoxy) is 3. The van der Waals surface area contributed by atoms with E-state index in [2.05, 4.69) is 4.74 Å². The van der Waals surface area contributed by atoms with Crippen molar-refractivity contribution in [3.05, 3.63) is 22.7 Å². The molecular formula is C14H19ClO5.